The second-order valence-corrected chi connectivity index (χ2v) is 4.11. The maximum atomic E-state index is 11.7. The molecule has 0 saturated carbocycles. The Bertz CT molecular complexity index is 414. The quantitative estimate of drug-likeness (QED) is 0.762. The number of carbonyl (C=O) groups is 1. The number of hydrogen-bond donors (Lipinski definition) is 1. The molecule has 2 aliphatic heterocycles. The maximum absolute atomic E-state index is 11.7. The molecule has 1 aromatic carbocycles. The van der Waals surface area contributed by atoms with Gasteiger partial charge in [-0.3, -0.25) is 4.79 Å². The molecular weight excluding hydrogens is 206 g/mol. The van der Waals surface area contributed by atoms with Crippen molar-refractivity contribution in [3.63, 3.8) is 0 Å². The average Bonchev–Trinajstić information content (AvgIpc) is 3.10. The molecule has 0 radical (unpaired) electrons. The van der Waals surface area contributed by atoms with Gasteiger partial charge in [-0.1, -0.05) is 18.2 Å². The fourth-order valence-corrected chi connectivity index (χ4v) is 1.88. The zero-order chi connectivity index (χ0) is 11.0. The van der Waals surface area contributed by atoms with Gasteiger partial charge >= 0.3 is 0 Å². The first-order valence-corrected chi connectivity index (χ1v) is 5.45. The second-order valence-electron chi connectivity index (χ2n) is 4.11. The Morgan fingerprint density at radius 1 is 1.44 bits per heavy atom. The molecule has 84 valence electrons. The SMILES string of the molecule is O=C1NC(OCC2CO2)Cc2ccccc21. The predicted octanol–water partition coefficient (Wildman–Crippen LogP) is 0.714. The fourth-order valence-electron chi connectivity index (χ4n) is 1.88. The Morgan fingerprint density at radius 2 is 2.25 bits per heavy atom. The van der Waals surface area contributed by atoms with Crippen LogP contribution in [0.5, 0.6) is 0 Å². The summed E-state index contributed by atoms with van der Waals surface area (Å²) in [6, 6.07) is 7.62. The van der Waals surface area contributed by atoms with Crippen LogP contribution in [0.3, 0.4) is 0 Å². The van der Waals surface area contributed by atoms with Crippen molar-refractivity contribution < 1.29 is 14.3 Å². The van der Waals surface area contributed by atoms with Crippen LogP contribution in [0.1, 0.15) is 15.9 Å². The van der Waals surface area contributed by atoms with E-state index in [2.05, 4.69) is 5.32 Å². The first kappa shape index (κ1) is 9.81. The molecule has 0 spiro atoms. The van der Waals surface area contributed by atoms with E-state index < -0.39 is 0 Å². The number of nitrogens with one attached hydrogen (secondary N) is 1. The van der Waals surface area contributed by atoms with E-state index in [0.717, 1.165) is 24.2 Å². The van der Waals surface area contributed by atoms with Crippen molar-refractivity contribution in [3.05, 3.63) is 35.4 Å². The third-order valence-electron chi connectivity index (χ3n) is 2.85. The molecule has 3 rings (SSSR count). The zero-order valence-corrected chi connectivity index (χ0v) is 8.81. The lowest BCUT2D eigenvalue weighted by Crippen LogP contribution is -2.43. The van der Waals surface area contributed by atoms with E-state index >= 15 is 0 Å². The van der Waals surface area contributed by atoms with Gasteiger partial charge in [-0.15, -0.1) is 0 Å². The highest BCUT2D eigenvalue weighted by Gasteiger charge is 2.28. The molecule has 2 atom stereocenters. The molecule has 1 N–H and O–H groups in total. The van der Waals surface area contributed by atoms with Crippen LogP contribution in [-0.4, -0.2) is 31.5 Å². The molecule has 0 aliphatic carbocycles. The number of ether oxygens (including phenoxy) is 2. The number of hydrogen-bond acceptors (Lipinski definition) is 3. The van der Waals surface area contributed by atoms with Gasteiger partial charge in [0.15, 0.2) is 0 Å². The molecule has 1 amide bonds. The van der Waals surface area contributed by atoms with Crippen LogP contribution in [0, 0.1) is 0 Å². The van der Waals surface area contributed by atoms with Crippen LogP contribution in [0.4, 0.5) is 0 Å². The normalized spacial score (nSPS) is 27.1. The minimum absolute atomic E-state index is 0.0523. The van der Waals surface area contributed by atoms with E-state index in [1.54, 1.807) is 0 Å². The summed E-state index contributed by atoms with van der Waals surface area (Å²) in [6.07, 6.45) is 0.745. The molecule has 0 aromatic heterocycles. The lowest BCUT2D eigenvalue weighted by atomic mass is 10.00. The Hall–Kier alpha value is -1.39. The molecule has 2 heterocycles. The van der Waals surface area contributed by atoms with Crippen LogP contribution in [0.15, 0.2) is 24.3 Å². The summed E-state index contributed by atoms with van der Waals surface area (Å²) in [7, 11) is 0. The summed E-state index contributed by atoms with van der Waals surface area (Å²) in [5.74, 6) is -0.0523. The lowest BCUT2D eigenvalue weighted by molar-refractivity contribution is 0.0173. The average molecular weight is 219 g/mol. The van der Waals surface area contributed by atoms with Crippen molar-refractivity contribution in [1.82, 2.24) is 5.32 Å². The second kappa shape index (κ2) is 3.88. The summed E-state index contributed by atoms with van der Waals surface area (Å²) in [5, 5.41) is 2.84. The molecule has 4 heteroatoms. The van der Waals surface area contributed by atoms with E-state index in [4.69, 9.17) is 9.47 Å². The molecule has 2 unspecified atom stereocenters. The summed E-state index contributed by atoms with van der Waals surface area (Å²) < 4.78 is 10.6. The smallest absolute Gasteiger partial charge is 0.253 e. The van der Waals surface area contributed by atoms with Crippen LogP contribution in [0.2, 0.25) is 0 Å². The molecule has 1 saturated heterocycles. The minimum Gasteiger partial charge on any atom is -0.371 e. The number of benzene rings is 1. The summed E-state index contributed by atoms with van der Waals surface area (Å²) in [4.78, 5) is 11.7. The highest BCUT2D eigenvalue weighted by molar-refractivity contribution is 5.96. The van der Waals surface area contributed by atoms with Crippen LogP contribution < -0.4 is 5.32 Å². The minimum atomic E-state index is -0.216. The van der Waals surface area contributed by atoms with Gasteiger partial charge in [-0.2, -0.15) is 0 Å². The molecular formula is C12H13NO3. The van der Waals surface area contributed by atoms with Crippen molar-refractivity contribution >= 4 is 5.91 Å². The third kappa shape index (κ3) is 1.94. The summed E-state index contributed by atoms with van der Waals surface area (Å²) in [5.41, 5.74) is 1.80. The first-order valence-electron chi connectivity index (χ1n) is 5.45. The molecule has 0 bridgehead atoms. The van der Waals surface area contributed by atoms with Crippen LogP contribution >= 0.6 is 0 Å². The van der Waals surface area contributed by atoms with E-state index in [1.807, 2.05) is 24.3 Å². The van der Waals surface area contributed by atoms with Crippen molar-refractivity contribution in [3.8, 4) is 0 Å². The van der Waals surface area contributed by atoms with E-state index in [1.165, 1.54) is 0 Å². The zero-order valence-electron chi connectivity index (χ0n) is 8.81. The summed E-state index contributed by atoms with van der Waals surface area (Å²) >= 11 is 0. The number of carbonyl (C=O) groups excluding carboxylic acids is 1. The van der Waals surface area contributed by atoms with Gasteiger partial charge in [-0.05, 0) is 11.6 Å². The lowest BCUT2D eigenvalue weighted by Gasteiger charge is -2.25. The Labute approximate surface area is 93.5 Å². The van der Waals surface area contributed by atoms with Gasteiger partial charge in [-0.25, -0.2) is 0 Å². The van der Waals surface area contributed by atoms with Crippen molar-refractivity contribution in [1.29, 1.82) is 0 Å². The van der Waals surface area contributed by atoms with Crippen LogP contribution in [0.25, 0.3) is 0 Å². The third-order valence-corrected chi connectivity index (χ3v) is 2.85. The molecule has 2 aliphatic rings. The number of epoxide rings is 1. The number of rotatable bonds is 3. The van der Waals surface area contributed by atoms with Gasteiger partial charge in [0.1, 0.15) is 12.3 Å². The molecule has 4 nitrogen and oxygen atoms in total. The van der Waals surface area contributed by atoms with Gasteiger partial charge in [0.05, 0.1) is 13.2 Å². The Morgan fingerprint density at radius 3 is 3.06 bits per heavy atom. The first-order chi connectivity index (χ1) is 7.83. The monoisotopic (exact) mass is 219 g/mol. The topological polar surface area (TPSA) is 50.9 Å². The standard InChI is InChI=1S/C12H13NO3/c14-12-10-4-2-1-3-8(10)5-11(13-12)16-7-9-6-15-9/h1-4,9,11H,5-7H2,(H,13,14). The van der Waals surface area contributed by atoms with Gasteiger partial charge < -0.3 is 14.8 Å². The molecule has 1 fully saturated rings. The van der Waals surface area contributed by atoms with Crippen molar-refractivity contribution in [2.24, 2.45) is 0 Å². The molecule has 1 aromatic rings. The number of fused-ring (bicyclic) bond motifs is 1. The summed E-state index contributed by atoms with van der Waals surface area (Å²) in [6.45, 7) is 1.34. The van der Waals surface area contributed by atoms with Gasteiger partial charge in [0, 0.05) is 12.0 Å². The largest absolute Gasteiger partial charge is 0.371 e. The van der Waals surface area contributed by atoms with Crippen molar-refractivity contribution in [2.75, 3.05) is 13.2 Å². The van der Waals surface area contributed by atoms with E-state index in [-0.39, 0.29) is 18.2 Å². The van der Waals surface area contributed by atoms with Gasteiger partial charge in [0.2, 0.25) is 0 Å². The van der Waals surface area contributed by atoms with Crippen LogP contribution in [-0.2, 0) is 15.9 Å². The fraction of sp³-hybridized carbons (Fsp3) is 0.417. The maximum Gasteiger partial charge on any atom is 0.253 e. The molecule has 16 heavy (non-hydrogen) atoms. The van der Waals surface area contributed by atoms with Crippen molar-refractivity contribution in [2.45, 2.75) is 18.8 Å². The highest BCUT2D eigenvalue weighted by Crippen LogP contribution is 2.18. The van der Waals surface area contributed by atoms with E-state index in [9.17, 15) is 4.79 Å². The van der Waals surface area contributed by atoms with E-state index in [0.29, 0.717) is 6.61 Å². The predicted molar refractivity (Wildman–Crippen MR) is 57.1 cm³/mol. The highest BCUT2D eigenvalue weighted by atomic mass is 16.6. The number of amides is 1. The van der Waals surface area contributed by atoms with Gasteiger partial charge in [0.25, 0.3) is 5.91 Å². The Balaban J connectivity index is 1.70. The Kier molecular flexibility index (Phi) is 2.38.